The van der Waals surface area contributed by atoms with Crippen LogP contribution in [0.3, 0.4) is 0 Å². The van der Waals surface area contributed by atoms with E-state index in [2.05, 4.69) is 10.3 Å². The van der Waals surface area contributed by atoms with Crippen molar-refractivity contribution >= 4 is 46.4 Å². The molecule has 0 atom stereocenters. The molecular weight excluding hydrogens is 424 g/mol. The van der Waals surface area contributed by atoms with E-state index in [0.29, 0.717) is 26.7 Å². The molecule has 1 saturated heterocycles. The van der Waals surface area contributed by atoms with Crippen molar-refractivity contribution in [2.75, 3.05) is 13.2 Å². The van der Waals surface area contributed by atoms with Crippen LogP contribution in [-0.2, 0) is 4.79 Å². The van der Waals surface area contributed by atoms with Crippen molar-refractivity contribution in [3.8, 4) is 21.7 Å². The molecule has 0 radical (unpaired) electrons. The van der Waals surface area contributed by atoms with Crippen molar-refractivity contribution in [2.24, 2.45) is 0 Å². The van der Waals surface area contributed by atoms with Gasteiger partial charge in [0.15, 0.2) is 5.01 Å². The fourth-order valence-electron chi connectivity index (χ4n) is 2.87. The lowest BCUT2D eigenvalue weighted by molar-refractivity contribution is -0.118. The third-order valence-corrected chi connectivity index (χ3v) is 5.67. The number of nitrogens with zero attached hydrogens (tertiary/aromatic N) is 2. The average Bonchev–Trinajstić information content (AvgIpc) is 3.27. The molecule has 0 aliphatic carbocycles. The van der Waals surface area contributed by atoms with Crippen LogP contribution < -0.4 is 5.32 Å². The van der Waals surface area contributed by atoms with Gasteiger partial charge in [-0.2, -0.15) is 0 Å². The van der Waals surface area contributed by atoms with Crippen molar-refractivity contribution < 1.29 is 14.0 Å². The average molecular weight is 436 g/mol. The predicted octanol–water partition coefficient (Wildman–Crippen LogP) is 4.45. The van der Waals surface area contributed by atoms with Gasteiger partial charge in [-0.05, 0) is 35.9 Å². The molecule has 0 unspecified atom stereocenters. The summed E-state index contributed by atoms with van der Waals surface area (Å²) in [7, 11) is 0. The highest BCUT2D eigenvalue weighted by molar-refractivity contribution is 7.17. The number of halogens is 3. The molecule has 4 rings (SSSR count). The first-order valence-electron chi connectivity index (χ1n) is 8.20. The molecule has 1 aliphatic heterocycles. The molecule has 0 spiro atoms. The van der Waals surface area contributed by atoms with E-state index < -0.39 is 5.82 Å². The molecule has 1 aromatic heterocycles. The first-order valence-corrected chi connectivity index (χ1v) is 9.77. The maximum Gasteiger partial charge on any atom is 0.284 e. The number of nitrogens with one attached hydrogen (secondary N) is 1. The van der Waals surface area contributed by atoms with Crippen LogP contribution in [0.1, 0.15) is 9.80 Å². The molecule has 2 amide bonds. The van der Waals surface area contributed by atoms with Crippen molar-refractivity contribution in [2.45, 2.75) is 0 Å². The van der Waals surface area contributed by atoms with Gasteiger partial charge in [0.2, 0.25) is 5.91 Å². The second kappa shape index (κ2) is 7.50. The molecule has 3 aromatic rings. The summed E-state index contributed by atoms with van der Waals surface area (Å²) in [5, 5.41) is 3.53. The Balaban J connectivity index is 1.84. The Hall–Kier alpha value is -2.48. The molecule has 28 heavy (non-hydrogen) atoms. The summed E-state index contributed by atoms with van der Waals surface area (Å²) in [5.41, 5.74) is 1.69. The van der Waals surface area contributed by atoms with Gasteiger partial charge in [-0.15, -0.1) is 11.3 Å². The summed E-state index contributed by atoms with van der Waals surface area (Å²) in [5.74, 6) is -1.09. The highest BCUT2D eigenvalue weighted by Crippen LogP contribution is 2.39. The summed E-state index contributed by atoms with van der Waals surface area (Å²) in [6.45, 7) is 0.108. The molecule has 2 aromatic carbocycles. The Morgan fingerprint density at radius 3 is 2.61 bits per heavy atom. The molecule has 0 saturated carbocycles. The second-order valence-corrected chi connectivity index (χ2v) is 8.00. The summed E-state index contributed by atoms with van der Waals surface area (Å²) in [6.07, 6.45) is 0. The topological polar surface area (TPSA) is 62.3 Å². The van der Waals surface area contributed by atoms with E-state index >= 15 is 0 Å². The van der Waals surface area contributed by atoms with Crippen molar-refractivity contribution in [3.63, 3.8) is 0 Å². The smallest absolute Gasteiger partial charge is 0.284 e. The number of rotatable bonds is 3. The van der Waals surface area contributed by atoms with Gasteiger partial charge in [-0.1, -0.05) is 35.3 Å². The molecular formula is C19H12Cl2FN3O2S. The molecule has 142 valence electrons. The summed E-state index contributed by atoms with van der Waals surface area (Å²) in [6, 6.07) is 11.2. The largest absolute Gasteiger partial charge is 0.337 e. The second-order valence-electron chi connectivity index (χ2n) is 6.13. The van der Waals surface area contributed by atoms with Gasteiger partial charge < -0.3 is 10.2 Å². The number of carbonyl (C=O) groups excluding carboxylic acids is 2. The Morgan fingerprint density at radius 1 is 1.14 bits per heavy atom. The molecule has 9 heteroatoms. The van der Waals surface area contributed by atoms with Crippen LogP contribution in [0.2, 0.25) is 10.0 Å². The first-order chi connectivity index (χ1) is 13.4. The van der Waals surface area contributed by atoms with Gasteiger partial charge in [0.05, 0.1) is 17.2 Å². The highest BCUT2D eigenvalue weighted by atomic mass is 35.5. The van der Waals surface area contributed by atoms with E-state index in [-0.39, 0.29) is 35.1 Å². The lowest BCUT2D eigenvalue weighted by Crippen LogP contribution is -2.29. The fraction of sp³-hybridized carbons (Fsp3) is 0.105. The molecule has 1 N–H and O–H groups in total. The van der Waals surface area contributed by atoms with Gasteiger partial charge in [-0.3, -0.25) is 9.59 Å². The molecule has 0 bridgehead atoms. The Kier molecular flexibility index (Phi) is 5.05. The Bertz CT molecular complexity index is 1080. The van der Waals surface area contributed by atoms with Crippen LogP contribution in [0.15, 0.2) is 42.5 Å². The minimum atomic E-state index is -0.491. The van der Waals surface area contributed by atoms with E-state index in [1.807, 2.05) is 0 Å². The number of amides is 2. The fourth-order valence-corrected chi connectivity index (χ4v) is 4.33. The standard InChI is InChI=1S/C19H12Cl2FN3O2S/c20-12-3-1-2-10(4-12)16-17(11-5-13(21)7-14(22)6-11)28-18(24-16)19(27)25-8-15(26)23-9-25/h1-7H,8-9H2,(H,23,26). The Labute approximate surface area is 173 Å². The van der Waals surface area contributed by atoms with Crippen LogP contribution in [0.25, 0.3) is 21.7 Å². The number of aromatic nitrogens is 1. The van der Waals surface area contributed by atoms with Crippen LogP contribution in [0.4, 0.5) is 4.39 Å². The summed E-state index contributed by atoms with van der Waals surface area (Å²) in [4.78, 5) is 30.6. The maximum absolute atomic E-state index is 13.9. The lowest BCUT2D eigenvalue weighted by atomic mass is 10.1. The number of benzene rings is 2. The molecule has 2 heterocycles. The third-order valence-electron chi connectivity index (χ3n) is 4.12. The normalized spacial score (nSPS) is 13.7. The lowest BCUT2D eigenvalue weighted by Gasteiger charge is -2.10. The maximum atomic E-state index is 13.9. The molecule has 1 aliphatic rings. The van der Waals surface area contributed by atoms with Crippen molar-refractivity contribution in [3.05, 3.63) is 63.3 Å². The molecule has 5 nitrogen and oxygen atoms in total. The number of hydrogen-bond acceptors (Lipinski definition) is 4. The minimum Gasteiger partial charge on any atom is -0.337 e. The van der Waals surface area contributed by atoms with Gasteiger partial charge in [0.1, 0.15) is 12.4 Å². The number of hydrogen-bond donors (Lipinski definition) is 1. The van der Waals surface area contributed by atoms with Crippen molar-refractivity contribution in [1.82, 2.24) is 15.2 Å². The Morgan fingerprint density at radius 2 is 1.93 bits per heavy atom. The van der Waals surface area contributed by atoms with Crippen LogP contribution in [-0.4, -0.2) is 34.9 Å². The zero-order chi connectivity index (χ0) is 19.8. The van der Waals surface area contributed by atoms with E-state index in [1.54, 1.807) is 30.3 Å². The zero-order valence-corrected chi connectivity index (χ0v) is 16.5. The summed E-state index contributed by atoms with van der Waals surface area (Å²) < 4.78 is 13.9. The monoisotopic (exact) mass is 435 g/mol. The van der Waals surface area contributed by atoms with E-state index in [1.165, 1.54) is 17.0 Å². The van der Waals surface area contributed by atoms with Gasteiger partial charge in [0.25, 0.3) is 5.91 Å². The minimum absolute atomic E-state index is 0.0218. The van der Waals surface area contributed by atoms with E-state index in [0.717, 1.165) is 11.3 Å². The first kappa shape index (κ1) is 18.9. The van der Waals surface area contributed by atoms with Gasteiger partial charge in [-0.25, -0.2) is 9.37 Å². The van der Waals surface area contributed by atoms with E-state index in [9.17, 15) is 14.0 Å². The quantitative estimate of drug-likeness (QED) is 0.660. The third kappa shape index (κ3) is 3.73. The predicted molar refractivity (Wildman–Crippen MR) is 107 cm³/mol. The SMILES string of the molecule is O=C1CN(C(=O)c2nc(-c3cccc(Cl)c3)c(-c3cc(F)cc(Cl)c3)s2)CN1. The number of carbonyl (C=O) groups is 2. The van der Waals surface area contributed by atoms with Crippen LogP contribution in [0.5, 0.6) is 0 Å². The number of thiazole rings is 1. The van der Waals surface area contributed by atoms with E-state index in [4.69, 9.17) is 23.2 Å². The van der Waals surface area contributed by atoms with Gasteiger partial charge in [0, 0.05) is 15.6 Å². The van der Waals surface area contributed by atoms with Gasteiger partial charge >= 0.3 is 0 Å². The zero-order valence-electron chi connectivity index (χ0n) is 14.2. The highest BCUT2D eigenvalue weighted by Gasteiger charge is 2.28. The van der Waals surface area contributed by atoms with Crippen LogP contribution in [0, 0.1) is 5.82 Å². The summed E-state index contributed by atoms with van der Waals surface area (Å²) >= 11 is 13.2. The van der Waals surface area contributed by atoms with Crippen LogP contribution >= 0.6 is 34.5 Å². The van der Waals surface area contributed by atoms with Crippen molar-refractivity contribution in [1.29, 1.82) is 0 Å². The molecule has 1 fully saturated rings.